The lowest BCUT2D eigenvalue weighted by molar-refractivity contribution is -0.116. The summed E-state index contributed by atoms with van der Waals surface area (Å²) in [4.78, 5) is 17.7. The summed E-state index contributed by atoms with van der Waals surface area (Å²) in [6.45, 7) is 3.96. The first-order valence-corrected chi connectivity index (χ1v) is 9.44. The number of hydrogen-bond acceptors (Lipinski definition) is 3. The average molecular weight is 537 g/mol. The summed E-state index contributed by atoms with van der Waals surface area (Å²) in [6, 6.07) is 11.6. The summed E-state index contributed by atoms with van der Waals surface area (Å²) in [5.74, 6) is 0.696. The molecule has 1 amide bonds. The van der Waals surface area contributed by atoms with Crippen LogP contribution in [0.3, 0.4) is 0 Å². The van der Waals surface area contributed by atoms with Crippen molar-refractivity contribution in [1.29, 1.82) is 0 Å². The van der Waals surface area contributed by atoms with E-state index in [1.807, 2.05) is 42.6 Å². The fourth-order valence-electron chi connectivity index (χ4n) is 1.95. The van der Waals surface area contributed by atoms with Crippen molar-refractivity contribution in [2.75, 3.05) is 18.4 Å². The van der Waals surface area contributed by atoms with Gasteiger partial charge >= 0.3 is 0 Å². The summed E-state index contributed by atoms with van der Waals surface area (Å²) in [6.07, 6.45) is 0.374. The van der Waals surface area contributed by atoms with E-state index in [1.165, 1.54) is 4.88 Å². The second-order valence-electron chi connectivity index (χ2n) is 5.01. The highest BCUT2D eigenvalue weighted by atomic mass is 127. The molecule has 0 saturated carbocycles. The molecule has 2 aromatic rings. The van der Waals surface area contributed by atoms with Crippen LogP contribution in [0, 0.1) is 0 Å². The Hall–Kier alpha value is -1.13. The lowest BCUT2D eigenvalue weighted by Crippen LogP contribution is -2.38. The third kappa shape index (κ3) is 8.68. The smallest absolute Gasteiger partial charge is 0.226 e. The zero-order valence-electron chi connectivity index (χ0n) is 13.9. The van der Waals surface area contributed by atoms with Crippen LogP contribution in [-0.4, -0.2) is 25.0 Å². The van der Waals surface area contributed by atoms with Gasteiger partial charge in [0.2, 0.25) is 5.91 Å². The fourth-order valence-corrected chi connectivity index (χ4v) is 2.84. The number of guanidine groups is 1. The molecule has 0 bridgehead atoms. The second kappa shape index (κ2) is 12.3. The maximum Gasteiger partial charge on any atom is 0.226 e. The molecule has 0 spiro atoms. The standard InChI is InChI=1S/C17H21BrN4OS.HI/c1-2-19-17(21-12-15-4-3-11-24-15)20-10-9-16(23)22-14-7-5-13(18)6-8-14;/h3-8,11H,2,9-10,12H2,1H3,(H,22,23)(H2,19,20,21);1H. The molecular weight excluding hydrogens is 515 g/mol. The molecule has 0 unspecified atom stereocenters. The minimum atomic E-state index is -0.0288. The van der Waals surface area contributed by atoms with Gasteiger partial charge in [0.1, 0.15) is 0 Å². The van der Waals surface area contributed by atoms with Crippen LogP contribution in [0.15, 0.2) is 51.2 Å². The van der Waals surface area contributed by atoms with Crippen LogP contribution >= 0.6 is 51.2 Å². The summed E-state index contributed by atoms with van der Waals surface area (Å²) in [5, 5.41) is 11.3. The number of hydrogen-bond donors (Lipinski definition) is 3. The number of nitrogens with one attached hydrogen (secondary N) is 3. The van der Waals surface area contributed by atoms with E-state index >= 15 is 0 Å². The van der Waals surface area contributed by atoms with Gasteiger partial charge in [-0.05, 0) is 42.6 Å². The Kier molecular flexibility index (Phi) is 10.7. The van der Waals surface area contributed by atoms with E-state index in [0.717, 1.165) is 22.7 Å². The van der Waals surface area contributed by atoms with Crippen molar-refractivity contribution in [2.45, 2.75) is 19.9 Å². The Bertz CT molecular complexity index is 662. The molecule has 25 heavy (non-hydrogen) atoms. The molecule has 0 radical (unpaired) electrons. The van der Waals surface area contributed by atoms with Gasteiger partial charge in [0, 0.05) is 34.5 Å². The summed E-state index contributed by atoms with van der Waals surface area (Å²) >= 11 is 5.05. The number of rotatable bonds is 7. The topological polar surface area (TPSA) is 65.5 Å². The van der Waals surface area contributed by atoms with E-state index in [-0.39, 0.29) is 29.9 Å². The van der Waals surface area contributed by atoms with Crippen molar-refractivity contribution >= 4 is 68.8 Å². The van der Waals surface area contributed by atoms with Gasteiger partial charge < -0.3 is 16.0 Å². The Morgan fingerprint density at radius 3 is 2.60 bits per heavy atom. The van der Waals surface area contributed by atoms with E-state index in [1.54, 1.807) is 11.3 Å². The minimum Gasteiger partial charge on any atom is -0.357 e. The first-order chi connectivity index (χ1) is 11.7. The molecule has 0 saturated heterocycles. The quantitative estimate of drug-likeness (QED) is 0.282. The summed E-state index contributed by atoms with van der Waals surface area (Å²) in [7, 11) is 0. The van der Waals surface area contributed by atoms with Crippen molar-refractivity contribution in [1.82, 2.24) is 10.6 Å². The number of halogens is 2. The van der Waals surface area contributed by atoms with Crippen LogP contribution in [0.2, 0.25) is 0 Å². The molecule has 0 fully saturated rings. The van der Waals surface area contributed by atoms with E-state index in [4.69, 9.17) is 0 Å². The predicted octanol–water partition coefficient (Wildman–Crippen LogP) is 4.21. The van der Waals surface area contributed by atoms with Crippen molar-refractivity contribution in [3.8, 4) is 0 Å². The third-order valence-corrected chi connectivity index (χ3v) is 4.48. The van der Waals surface area contributed by atoms with Gasteiger partial charge in [0.15, 0.2) is 5.96 Å². The zero-order valence-corrected chi connectivity index (χ0v) is 18.7. The second-order valence-corrected chi connectivity index (χ2v) is 6.95. The molecule has 5 nitrogen and oxygen atoms in total. The maximum atomic E-state index is 12.0. The zero-order chi connectivity index (χ0) is 17.2. The van der Waals surface area contributed by atoms with Gasteiger partial charge in [-0.15, -0.1) is 35.3 Å². The first kappa shape index (κ1) is 21.9. The van der Waals surface area contributed by atoms with Crippen LogP contribution in [0.5, 0.6) is 0 Å². The monoisotopic (exact) mass is 536 g/mol. The predicted molar refractivity (Wildman–Crippen MR) is 120 cm³/mol. The molecule has 1 aromatic carbocycles. The molecular formula is C17H22BrIN4OS. The number of benzene rings is 1. The molecule has 1 heterocycles. The normalized spacial score (nSPS) is 10.7. The molecule has 1 aromatic heterocycles. The van der Waals surface area contributed by atoms with Gasteiger partial charge in [-0.2, -0.15) is 0 Å². The SMILES string of the molecule is CCNC(=NCc1cccs1)NCCC(=O)Nc1ccc(Br)cc1.I. The number of amides is 1. The van der Waals surface area contributed by atoms with Gasteiger partial charge in [0.05, 0.1) is 6.54 Å². The van der Waals surface area contributed by atoms with E-state index in [2.05, 4.69) is 42.9 Å². The Morgan fingerprint density at radius 1 is 1.20 bits per heavy atom. The molecule has 3 N–H and O–H groups in total. The van der Waals surface area contributed by atoms with Crippen LogP contribution in [0.1, 0.15) is 18.2 Å². The van der Waals surface area contributed by atoms with Gasteiger partial charge in [-0.1, -0.05) is 22.0 Å². The number of carbonyl (C=O) groups excluding carboxylic acids is 1. The van der Waals surface area contributed by atoms with Gasteiger partial charge in [0.25, 0.3) is 0 Å². The lowest BCUT2D eigenvalue weighted by atomic mass is 10.3. The van der Waals surface area contributed by atoms with Crippen LogP contribution in [0.4, 0.5) is 5.69 Å². The highest BCUT2D eigenvalue weighted by Gasteiger charge is 2.04. The molecule has 0 aliphatic rings. The summed E-state index contributed by atoms with van der Waals surface area (Å²) in [5.41, 5.74) is 0.793. The van der Waals surface area contributed by atoms with Crippen LogP contribution in [-0.2, 0) is 11.3 Å². The van der Waals surface area contributed by atoms with Gasteiger partial charge in [-0.25, -0.2) is 4.99 Å². The number of thiophene rings is 1. The molecule has 136 valence electrons. The number of carbonyl (C=O) groups is 1. The molecule has 0 aliphatic carbocycles. The Labute approximate surface area is 177 Å². The van der Waals surface area contributed by atoms with Crippen molar-refractivity contribution < 1.29 is 4.79 Å². The number of aliphatic imine (C=N–C) groups is 1. The maximum absolute atomic E-state index is 12.0. The number of nitrogens with zero attached hydrogens (tertiary/aromatic N) is 1. The molecule has 0 atom stereocenters. The Balaban J connectivity index is 0.00000312. The fraction of sp³-hybridized carbons (Fsp3) is 0.294. The van der Waals surface area contributed by atoms with E-state index in [0.29, 0.717) is 19.5 Å². The molecule has 8 heteroatoms. The largest absolute Gasteiger partial charge is 0.357 e. The van der Waals surface area contributed by atoms with Crippen LogP contribution < -0.4 is 16.0 Å². The van der Waals surface area contributed by atoms with Crippen molar-refractivity contribution in [3.05, 3.63) is 51.1 Å². The number of anilines is 1. The van der Waals surface area contributed by atoms with Crippen molar-refractivity contribution in [2.24, 2.45) is 4.99 Å². The highest BCUT2D eigenvalue weighted by Crippen LogP contribution is 2.14. The average Bonchev–Trinajstić information content (AvgIpc) is 3.08. The summed E-state index contributed by atoms with van der Waals surface area (Å²) < 4.78 is 0.986. The van der Waals surface area contributed by atoms with E-state index in [9.17, 15) is 4.79 Å². The minimum absolute atomic E-state index is 0. The molecule has 0 aliphatic heterocycles. The van der Waals surface area contributed by atoms with Crippen LogP contribution in [0.25, 0.3) is 0 Å². The van der Waals surface area contributed by atoms with Gasteiger partial charge in [-0.3, -0.25) is 4.79 Å². The lowest BCUT2D eigenvalue weighted by Gasteiger charge is -2.11. The highest BCUT2D eigenvalue weighted by molar-refractivity contribution is 14.0. The van der Waals surface area contributed by atoms with Crippen molar-refractivity contribution in [3.63, 3.8) is 0 Å². The Morgan fingerprint density at radius 2 is 1.96 bits per heavy atom. The molecule has 2 rings (SSSR count). The van der Waals surface area contributed by atoms with E-state index < -0.39 is 0 Å². The third-order valence-electron chi connectivity index (χ3n) is 3.09. The first-order valence-electron chi connectivity index (χ1n) is 7.77.